The van der Waals surface area contributed by atoms with Crippen molar-refractivity contribution in [1.29, 1.82) is 0 Å². The van der Waals surface area contributed by atoms with Crippen LogP contribution in [0.3, 0.4) is 0 Å². The molecule has 0 spiro atoms. The fourth-order valence-corrected chi connectivity index (χ4v) is 0. The summed E-state index contributed by atoms with van der Waals surface area (Å²) in [5.41, 5.74) is 0. The molecule has 0 aliphatic carbocycles. The van der Waals surface area contributed by atoms with Crippen LogP contribution in [0.25, 0.3) is 0 Å². The van der Waals surface area contributed by atoms with Crippen molar-refractivity contribution in [3.63, 3.8) is 0 Å². The molecule has 0 amide bonds. The van der Waals surface area contributed by atoms with E-state index in [9.17, 15) is 0 Å². The Labute approximate surface area is 120 Å². The van der Waals surface area contributed by atoms with Crippen molar-refractivity contribution < 1.29 is 101 Å². The maximum atomic E-state index is 3.06. The molecule has 0 aliphatic heterocycles. The third-order valence-electron chi connectivity index (χ3n) is 0. The number of hydrogen-bond acceptors (Lipinski definition) is 0. The third-order valence-corrected chi connectivity index (χ3v) is 0. The molecule has 0 N–H and O–H groups in total. The molecular weight excluding hydrogens is 617 g/mol. The van der Waals surface area contributed by atoms with Crippen LogP contribution in [0.4, 0.5) is 0 Å². The van der Waals surface area contributed by atoms with Gasteiger partial charge in [0.05, 0.1) is 0 Å². The second kappa shape index (κ2) is 53.3. The zero-order chi connectivity index (χ0) is 2.00. The molecule has 40 valence electrons. The van der Waals surface area contributed by atoms with E-state index >= 15 is 0 Å². The first kappa shape index (κ1) is 45.4. The van der Waals surface area contributed by atoms with Crippen molar-refractivity contribution in [1.82, 2.24) is 0 Å². The van der Waals surface area contributed by atoms with Gasteiger partial charge in [0.2, 0.25) is 0 Å². The van der Waals surface area contributed by atoms with E-state index in [0.717, 1.165) is 0 Å². The summed E-state index contributed by atoms with van der Waals surface area (Å²) in [5.74, 6) is 0. The summed E-state index contributed by atoms with van der Waals surface area (Å²) in [7, 11) is 0. The zero-order valence-corrected chi connectivity index (χ0v) is 16.8. The molecule has 0 atom stereocenters. The third kappa shape index (κ3) is 41.8. The van der Waals surface area contributed by atoms with E-state index in [-0.39, 0.29) is 97.2 Å². The standard InChI is InChI=1S/2CH3.HP.U.V.W.Y/h2*1H3;1H;;;;/q2*-1;;;;;. The monoisotopic (exact) mass is 624 g/mol. The van der Waals surface area contributed by atoms with Crippen molar-refractivity contribution in [2.75, 3.05) is 0 Å². The first-order chi connectivity index (χ1) is 1.00. The number of rotatable bonds is 0. The molecule has 2 radical (unpaired) electrons. The van der Waals surface area contributed by atoms with E-state index in [1.807, 2.05) is 0 Å². The van der Waals surface area contributed by atoms with Gasteiger partial charge in [-0.05, 0) is 0 Å². The van der Waals surface area contributed by atoms with Crippen LogP contribution in [0.15, 0.2) is 0 Å². The van der Waals surface area contributed by atoms with Gasteiger partial charge in [0.25, 0.3) is 0 Å². The number of hydrogen-bond donors (Lipinski definition) is 0. The molecule has 0 bridgehead atoms. The Morgan fingerprint density at radius 2 is 1.00 bits per heavy atom. The SMILES string of the molecule is [CH3-].[CH3-].[PH]=[W].[U].[V].[Y]. The first-order valence-corrected chi connectivity index (χ1v) is 5.01. The van der Waals surface area contributed by atoms with Crippen molar-refractivity contribution in [2.24, 2.45) is 0 Å². The Morgan fingerprint density at radius 1 is 1.00 bits per heavy atom. The van der Waals surface area contributed by atoms with Gasteiger partial charge in [-0.3, -0.25) is 0 Å². The molecule has 0 aromatic heterocycles. The molecule has 5 heteroatoms. The van der Waals surface area contributed by atoms with Gasteiger partial charge < -0.3 is 14.9 Å². The van der Waals surface area contributed by atoms with Crippen LogP contribution in [-0.4, -0.2) is 0 Å². The fraction of sp³-hybridized carbons (Fsp3) is 0. The minimum Gasteiger partial charge on any atom is 0 e. The van der Waals surface area contributed by atoms with Gasteiger partial charge in [0, 0.05) is 82.4 Å². The molecule has 0 nitrogen and oxygen atoms in total. The van der Waals surface area contributed by atoms with Gasteiger partial charge in [-0.1, -0.05) is 0 Å². The van der Waals surface area contributed by atoms with E-state index in [0.29, 0.717) is 0 Å². The molecule has 0 aromatic carbocycles. The van der Waals surface area contributed by atoms with E-state index in [2.05, 4.69) is 6.87 Å². The maximum absolute atomic E-state index is 3.06. The molecule has 0 saturated heterocycles. The second-order valence-corrected chi connectivity index (χ2v) is 0. The Hall–Kier alpha value is 3.73. The second-order valence-electron chi connectivity index (χ2n) is 0. The van der Waals surface area contributed by atoms with Crippen LogP contribution in [0.2, 0.25) is 0 Å². The van der Waals surface area contributed by atoms with Crippen LogP contribution in [-0.2, 0) is 70.1 Å². The van der Waals surface area contributed by atoms with E-state index in [1.54, 1.807) is 0 Å². The summed E-state index contributed by atoms with van der Waals surface area (Å²) >= 11 is 1.39. The predicted molar refractivity (Wildman–Crippen MR) is 21.1 cm³/mol. The average molecular weight is 624 g/mol. The molecule has 0 fully saturated rings. The van der Waals surface area contributed by atoms with Crippen molar-refractivity contribution in [3.05, 3.63) is 14.9 Å². The summed E-state index contributed by atoms with van der Waals surface area (Å²) in [6.07, 6.45) is 0. The average Bonchev–Trinajstić information content (AvgIpc) is 1.00. The van der Waals surface area contributed by atoms with Gasteiger partial charge in [-0.2, -0.15) is 0 Å². The minimum atomic E-state index is 0. The smallest absolute Gasteiger partial charge is 0 e. The van der Waals surface area contributed by atoms with Crippen molar-refractivity contribution in [3.8, 4) is 0 Å². The summed E-state index contributed by atoms with van der Waals surface area (Å²) in [4.78, 5) is 0. The molecule has 7 heavy (non-hydrogen) atoms. The molecule has 0 rings (SSSR count). The van der Waals surface area contributed by atoms with Crippen LogP contribution in [0.5, 0.6) is 0 Å². The molecule has 0 saturated carbocycles. The maximum Gasteiger partial charge on any atom is 0 e. The van der Waals surface area contributed by atoms with Gasteiger partial charge >= 0.3 is 25.7 Å². The van der Waals surface area contributed by atoms with Gasteiger partial charge in [0.15, 0.2) is 0 Å². The Bertz CT molecular complexity index is 17.7. The van der Waals surface area contributed by atoms with Gasteiger partial charge in [-0.25, -0.2) is 0 Å². The fourth-order valence-electron chi connectivity index (χ4n) is 0. The topological polar surface area (TPSA) is 0 Å². The van der Waals surface area contributed by atoms with Gasteiger partial charge in [-0.15, -0.1) is 0 Å². The quantitative estimate of drug-likeness (QED) is 0.284. The summed E-state index contributed by atoms with van der Waals surface area (Å²) in [6, 6.07) is 0. The Kier molecular flexibility index (Phi) is 346. The normalized spacial score (nSPS) is 0.571. The molecule has 0 heterocycles. The van der Waals surface area contributed by atoms with Crippen molar-refractivity contribution >= 4 is 6.87 Å². The predicted octanol–water partition coefficient (Wildman–Crippen LogP) is 1.49. The van der Waals surface area contributed by atoms with Gasteiger partial charge in [0.1, 0.15) is 0 Å². The Morgan fingerprint density at radius 3 is 1.00 bits per heavy atom. The van der Waals surface area contributed by atoms with Crippen LogP contribution >= 0.6 is 6.87 Å². The van der Waals surface area contributed by atoms with Crippen LogP contribution in [0.1, 0.15) is 0 Å². The summed E-state index contributed by atoms with van der Waals surface area (Å²) in [6.45, 7) is 3.06. The van der Waals surface area contributed by atoms with Crippen molar-refractivity contribution in [2.45, 2.75) is 0 Å². The largest absolute Gasteiger partial charge is 0 e. The van der Waals surface area contributed by atoms with E-state index in [4.69, 9.17) is 0 Å². The molecule has 0 unspecified atom stereocenters. The van der Waals surface area contributed by atoms with Crippen LogP contribution in [0, 0.1) is 46.0 Å². The minimum absolute atomic E-state index is 0. The molecule has 0 aliphatic rings. The zero-order valence-electron chi connectivity index (χ0n) is 4.43. The molecular formula is C2H7PUVWY-2. The summed E-state index contributed by atoms with van der Waals surface area (Å²) in [5, 5.41) is 0. The van der Waals surface area contributed by atoms with Crippen LogP contribution < -0.4 is 0 Å². The van der Waals surface area contributed by atoms with E-state index < -0.39 is 0 Å². The summed E-state index contributed by atoms with van der Waals surface area (Å²) < 4.78 is 0. The first-order valence-electron chi connectivity index (χ1n) is 0.204. The Balaban J connectivity index is -0.000000000500. The van der Waals surface area contributed by atoms with E-state index in [1.165, 1.54) is 18.8 Å². The molecule has 0 aromatic rings.